The molecule has 2 aromatic rings. The summed E-state index contributed by atoms with van der Waals surface area (Å²) in [6.45, 7) is 1.42. The number of carbonyl (C=O) groups is 1. The molecule has 19 heavy (non-hydrogen) atoms. The highest BCUT2D eigenvalue weighted by atomic mass is 16.5. The molecule has 0 unspecified atom stereocenters. The molecule has 1 aromatic heterocycles. The molecule has 1 amide bonds. The number of ether oxygens (including phenoxy) is 1. The van der Waals surface area contributed by atoms with Gasteiger partial charge in [0.15, 0.2) is 0 Å². The smallest absolute Gasteiger partial charge is 0.258 e. The quantitative estimate of drug-likeness (QED) is 0.816. The maximum absolute atomic E-state index is 12.4. The zero-order chi connectivity index (χ0) is 13.1. The van der Waals surface area contributed by atoms with Crippen LogP contribution in [0.25, 0.3) is 0 Å². The average Bonchev–Trinajstić information content (AvgIpc) is 2.61. The number of hydrogen-bond donors (Lipinski definition) is 0. The first kappa shape index (κ1) is 11.6. The molecular formula is C14H13N3O2. The predicted molar refractivity (Wildman–Crippen MR) is 68.7 cm³/mol. The summed E-state index contributed by atoms with van der Waals surface area (Å²) in [6.07, 6.45) is 3.35. The average molecular weight is 255 g/mol. The number of carbonyl (C=O) groups excluding carboxylic acids is 1. The van der Waals surface area contributed by atoms with Gasteiger partial charge in [-0.15, -0.1) is 0 Å². The molecule has 0 saturated heterocycles. The normalized spacial score (nSPS) is 14.5. The number of para-hydroxylation sites is 1. The van der Waals surface area contributed by atoms with Gasteiger partial charge < -0.3 is 9.64 Å². The Kier molecular flexibility index (Phi) is 3.10. The van der Waals surface area contributed by atoms with Gasteiger partial charge in [-0.1, -0.05) is 12.1 Å². The van der Waals surface area contributed by atoms with Crippen LogP contribution in [0.4, 0.5) is 0 Å². The topological polar surface area (TPSA) is 55.3 Å². The van der Waals surface area contributed by atoms with Crippen LogP contribution in [0.1, 0.15) is 16.2 Å². The Morgan fingerprint density at radius 3 is 2.79 bits per heavy atom. The maximum Gasteiger partial charge on any atom is 0.258 e. The Hall–Kier alpha value is -2.43. The van der Waals surface area contributed by atoms with Crippen molar-refractivity contribution in [2.24, 2.45) is 0 Å². The summed E-state index contributed by atoms with van der Waals surface area (Å²) >= 11 is 0. The molecule has 5 nitrogen and oxygen atoms in total. The molecule has 0 aliphatic carbocycles. The molecule has 1 aliphatic heterocycles. The predicted octanol–water partition coefficient (Wildman–Crippen LogP) is 1.51. The number of benzene rings is 1. The summed E-state index contributed by atoms with van der Waals surface area (Å²) < 4.78 is 5.58. The third-order valence-corrected chi connectivity index (χ3v) is 2.97. The first-order chi connectivity index (χ1) is 9.34. The van der Waals surface area contributed by atoms with E-state index in [9.17, 15) is 4.79 Å². The van der Waals surface area contributed by atoms with Gasteiger partial charge >= 0.3 is 0 Å². The van der Waals surface area contributed by atoms with Gasteiger partial charge in [0, 0.05) is 12.4 Å². The van der Waals surface area contributed by atoms with Gasteiger partial charge in [-0.05, 0) is 18.2 Å². The van der Waals surface area contributed by atoms with Crippen molar-refractivity contribution < 1.29 is 9.53 Å². The fraction of sp³-hybridized carbons (Fsp3) is 0.214. The summed E-state index contributed by atoms with van der Waals surface area (Å²) in [4.78, 5) is 22.4. The van der Waals surface area contributed by atoms with Gasteiger partial charge in [-0.25, -0.2) is 9.97 Å². The minimum absolute atomic E-state index is 0.0412. The van der Waals surface area contributed by atoms with Gasteiger partial charge in [0.25, 0.3) is 5.91 Å². The molecule has 1 aliphatic rings. The standard InChI is InChI=1S/C14H13N3O2/c18-14-11-4-1-2-5-12(11)19-9-8-17(14)10-13-15-6-3-7-16-13/h1-7H,8-10H2. The molecule has 0 radical (unpaired) electrons. The fourth-order valence-electron chi connectivity index (χ4n) is 2.04. The Morgan fingerprint density at radius 2 is 1.95 bits per heavy atom. The second-order valence-corrected chi connectivity index (χ2v) is 4.24. The molecule has 0 N–H and O–H groups in total. The second-order valence-electron chi connectivity index (χ2n) is 4.24. The van der Waals surface area contributed by atoms with Crippen LogP contribution in [0.2, 0.25) is 0 Å². The zero-order valence-corrected chi connectivity index (χ0v) is 10.3. The lowest BCUT2D eigenvalue weighted by molar-refractivity contribution is 0.0738. The summed E-state index contributed by atoms with van der Waals surface area (Å²) in [5.74, 6) is 1.24. The van der Waals surface area contributed by atoms with Crippen molar-refractivity contribution in [3.05, 3.63) is 54.1 Å². The maximum atomic E-state index is 12.4. The van der Waals surface area contributed by atoms with Crippen LogP contribution < -0.4 is 4.74 Å². The Labute approximate surface area is 110 Å². The van der Waals surface area contributed by atoms with E-state index in [0.717, 1.165) is 0 Å². The lowest BCUT2D eigenvalue weighted by Crippen LogP contribution is -2.32. The second kappa shape index (κ2) is 5.06. The van der Waals surface area contributed by atoms with Crippen LogP contribution in [0.5, 0.6) is 5.75 Å². The third-order valence-electron chi connectivity index (χ3n) is 2.97. The number of amides is 1. The summed E-state index contributed by atoms with van der Waals surface area (Å²) in [7, 11) is 0. The number of hydrogen-bond acceptors (Lipinski definition) is 4. The molecular weight excluding hydrogens is 242 g/mol. The van der Waals surface area contributed by atoms with Gasteiger partial charge in [-0.2, -0.15) is 0 Å². The van der Waals surface area contributed by atoms with Crippen molar-refractivity contribution in [3.8, 4) is 5.75 Å². The van der Waals surface area contributed by atoms with E-state index in [-0.39, 0.29) is 5.91 Å². The molecule has 2 heterocycles. The summed E-state index contributed by atoms with van der Waals surface area (Å²) in [5, 5.41) is 0. The number of nitrogens with zero attached hydrogens (tertiary/aromatic N) is 3. The van der Waals surface area contributed by atoms with Crippen LogP contribution in [0.15, 0.2) is 42.7 Å². The lowest BCUT2D eigenvalue weighted by Gasteiger charge is -2.18. The summed E-state index contributed by atoms with van der Waals surface area (Å²) in [5.41, 5.74) is 0.593. The summed E-state index contributed by atoms with van der Waals surface area (Å²) in [6, 6.07) is 9.05. The van der Waals surface area contributed by atoms with Crippen molar-refractivity contribution in [1.29, 1.82) is 0 Å². The van der Waals surface area contributed by atoms with Crippen LogP contribution in [-0.2, 0) is 6.54 Å². The third kappa shape index (κ3) is 2.40. The van der Waals surface area contributed by atoms with Crippen LogP contribution >= 0.6 is 0 Å². The largest absolute Gasteiger partial charge is 0.491 e. The first-order valence-electron chi connectivity index (χ1n) is 6.11. The first-order valence-corrected chi connectivity index (χ1v) is 6.11. The molecule has 96 valence electrons. The van der Waals surface area contributed by atoms with Crippen molar-refractivity contribution in [1.82, 2.24) is 14.9 Å². The number of rotatable bonds is 2. The van der Waals surface area contributed by atoms with E-state index in [1.54, 1.807) is 29.4 Å². The molecule has 0 spiro atoms. The number of aromatic nitrogens is 2. The molecule has 0 atom stereocenters. The van der Waals surface area contributed by atoms with Gasteiger partial charge in [0.05, 0.1) is 18.7 Å². The number of fused-ring (bicyclic) bond motifs is 1. The zero-order valence-electron chi connectivity index (χ0n) is 10.3. The molecule has 1 aromatic carbocycles. The Balaban J connectivity index is 1.86. The molecule has 5 heteroatoms. The van der Waals surface area contributed by atoms with Crippen LogP contribution in [0.3, 0.4) is 0 Å². The minimum atomic E-state index is -0.0412. The van der Waals surface area contributed by atoms with Gasteiger partial charge in [0.2, 0.25) is 0 Å². The van der Waals surface area contributed by atoms with Crippen molar-refractivity contribution >= 4 is 5.91 Å². The van der Waals surface area contributed by atoms with Crippen molar-refractivity contribution in [2.75, 3.05) is 13.2 Å². The Bertz CT molecular complexity index is 586. The monoisotopic (exact) mass is 255 g/mol. The van der Waals surface area contributed by atoms with E-state index in [0.29, 0.717) is 36.8 Å². The molecule has 0 fully saturated rings. The van der Waals surface area contributed by atoms with Gasteiger partial charge in [-0.3, -0.25) is 4.79 Å². The van der Waals surface area contributed by atoms with E-state index >= 15 is 0 Å². The highest BCUT2D eigenvalue weighted by Gasteiger charge is 2.23. The van der Waals surface area contributed by atoms with Crippen LogP contribution in [0, 0.1) is 0 Å². The highest BCUT2D eigenvalue weighted by molar-refractivity contribution is 5.97. The van der Waals surface area contributed by atoms with E-state index in [4.69, 9.17) is 4.74 Å². The lowest BCUT2D eigenvalue weighted by atomic mass is 10.2. The highest BCUT2D eigenvalue weighted by Crippen LogP contribution is 2.22. The van der Waals surface area contributed by atoms with Crippen molar-refractivity contribution in [2.45, 2.75) is 6.54 Å². The SMILES string of the molecule is O=C1c2ccccc2OCCN1Cc1ncccn1. The molecule has 3 rings (SSSR count). The fourth-order valence-corrected chi connectivity index (χ4v) is 2.04. The molecule has 0 saturated carbocycles. The van der Waals surface area contributed by atoms with Crippen molar-refractivity contribution in [3.63, 3.8) is 0 Å². The van der Waals surface area contributed by atoms with E-state index in [2.05, 4.69) is 9.97 Å². The van der Waals surface area contributed by atoms with E-state index in [1.807, 2.05) is 18.2 Å². The van der Waals surface area contributed by atoms with E-state index in [1.165, 1.54) is 0 Å². The van der Waals surface area contributed by atoms with Crippen LogP contribution in [-0.4, -0.2) is 33.9 Å². The van der Waals surface area contributed by atoms with E-state index < -0.39 is 0 Å². The molecule has 0 bridgehead atoms. The minimum Gasteiger partial charge on any atom is -0.491 e. The Morgan fingerprint density at radius 1 is 1.16 bits per heavy atom. The van der Waals surface area contributed by atoms with Gasteiger partial charge in [0.1, 0.15) is 18.2 Å².